The number of aldehydes is 1. The molecule has 0 saturated heterocycles. The number of rotatable bonds is 4. The summed E-state index contributed by atoms with van der Waals surface area (Å²) in [6, 6.07) is -1.28. The molecule has 66 valence electrons. The molecular weight excluding hydrogens is 148 g/mol. The van der Waals surface area contributed by atoms with Crippen molar-refractivity contribution in [3.05, 3.63) is 0 Å². The highest BCUT2D eigenvalue weighted by atomic mass is 16.3. The van der Waals surface area contributed by atoms with Crippen LogP contribution in [0.4, 0.5) is 0 Å². The van der Waals surface area contributed by atoms with Crippen LogP contribution in [-0.2, 0) is 4.79 Å². The van der Waals surface area contributed by atoms with Crippen molar-refractivity contribution in [2.75, 3.05) is 0 Å². The van der Waals surface area contributed by atoms with Crippen molar-refractivity contribution in [2.45, 2.75) is 31.2 Å². The largest absolute Gasteiger partial charge is 0.387 e. The first-order chi connectivity index (χ1) is 5.00. The number of hydrogen-bond acceptors (Lipinski definition) is 3. The van der Waals surface area contributed by atoms with E-state index < -0.39 is 24.3 Å². The van der Waals surface area contributed by atoms with E-state index in [-0.39, 0.29) is 0 Å². The lowest BCUT2D eigenvalue weighted by molar-refractivity contribution is -0.489. The van der Waals surface area contributed by atoms with Gasteiger partial charge in [0, 0.05) is 0 Å². The molecule has 8 N–H and O–H groups in total. The lowest BCUT2D eigenvalue weighted by Gasteiger charge is -2.17. The Hall–Kier alpha value is -0.490. The molecule has 0 aliphatic heterocycles. The molecule has 0 aromatic heterocycles. The molecule has 0 fully saturated rings. The van der Waals surface area contributed by atoms with Crippen LogP contribution in [0, 0.1) is 0 Å². The molecule has 0 radical (unpaired) electrons. The van der Waals surface area contributed by atoms with E-state index in [1.807, 2.05) is 0 Å². The van der Waals surface area contributed by atoms with Gasteiger partial charge in [0.05, 0.1) is 0 Å². The minimum Gasteiger partial charge on any atom is -0.387 e. The Labute approximate surface area is 65.0 Å². The monoisotopic (exact) mass is 164 g/mol. The van der Waals surface area contributed by atoms with Crippen molar-refractivity contribution in [1.82, 2.24) is 0 Å². The van der Waals surface area contributed by atoms with Gasteiger partial charge in [-0.25, -0.2) is 0 Å². The summed E-state index contributed by atoms with van der Waals surface area (Å²) in [6.07, 6.45) is -1.15. The van der Waals surface area contributed by atoms with E-state index in [0.717, 1.165) is 0 Å². The van der Waals surface area contributed by atoms with Crippen molar-refractivity contribution in [3.8, 4) is 0 Å². The summed E-state index contributed by atoms with van der Waals surface area (Å²) in [6.45, 7) is 1.51. The lowest BCUT2D eigenvalue weighted by atomic mass is 10.0. The molecular formula is C6H16N2O3+2. The predicted molar refractivity (Wildman–Crippen MR) is 37.1 cm³/mol. The van der Waals surface area contributed by atoms with Crippen LogP contribution in [-0.4, -0.2) is 40.8 Å². The molecule has 0 saturated carbocycles. The Kier molecular flexibility index (Phi) is 4.20. The number of carbonyl (C=O) groups is 1. The maximum absolute atomic E-state index is 10.1. The third-order valence-electron chi connectivity index (χ3n) is 1.67. The fourth-order valence-corrected chi connectivity index (χ4v) is 0.683. The first-order valence-electron chi connectivity index (χ1n) is 3.48. The zero-order chi connectivity index (χ0) is 9.02. The van der Waals surface area contributed by atoms with Crippen molar-refractivity contribution < 1.29 is 26.5 Å². The van der Waals surface area contributed by atoms with Crippen LogP contribution in [0.25, 0.3) is 0 Å². The van der Waals surface area contributed by atoms with Crippen molar-refractivity contribution >= 4 is 6.29 Å². The highest BCUT2D eigenvalue weighted by Gasteiger charge is 2.30. The highest BCUT2D eigenvalue weighted by molar-refractivity contribution is 5.56. The van der Waals surface area contributed by atoms with E-state index >= 15 is 0 Å². The average molecular weight is 164 g/mol. The minimum absolute atomic E-state index is 0.547. The van der Waals surface area contributed by atoms with E-state index in [1.165, 1.54) is 6.92 Å². The minimum atomic E-state index is -0.965. The number of carbonyl (C=O) groups excluding carboxylic acids is 1. The van der Waals surface area contributed by atoms with Crippen molar-refractivity contribution in [1.29, 1.82) is 0 Å². The van der Waals surface area contributed by atoms with Gasteiger partial charge in [0.15, 0.2) is 18.4 Å². The first-order valence-corrected chi connectivity index (χ1v) is 3.48. The van der Waals surface area contributed by atoms with Crippen LogP contribution >= 0.6 is 0 Å². The number of aliphatic hydroxyl groups excluding tert-OH is 2. The molecule has 5 nitrogen and oxygen atoms in total. The Morgan fingerprint density at radius 2 is 1.82 bits per heavy atom. The van der Waals surface area contributed by atoms with E-state index in [4.69, 9.17) is 5.11 Å². The van der Waals surface area contributed by atoms with Crippen molar-refractivity contribution in [3.63, 3.8) is 0 Å². The van der Waals surface area contributed by atoms with Gasteiger partial charge >= 0.3 is 0 Å². The molecule has 4 atom stereocenters. The molecule has 0 aliphatic carbocycles. The molecule has 0 rings (SSSR count). The third-order valence-corrected chi connectivity index (χ3v) is 1.67. The van der Waals surface area contributed by atoms with E-state index in [1.54, 1.807) is 0 Å². The van der Waals surface area contributed by atoms with E-state index in [2.05, 4.69) is 11.5 Å². The molecule has 0 amide bonds. The molecule has 0 unspecified atom stereocenters. The van der Waals surface area contributed by atoms with Gasteiger partial charge in [0.1, 0.15) is 12.1 Å². The topological polar surface area (TPSA) is 113 Å². The van der Waals surface area contributed by atoms with Gasteiger partial charge in [-0.3, -0.25) is 4.79 Å². The number of quaternary nitrogens is 2. The Morgan fingerprint density at radius 3 is 2.09 bits per heavy atom. The van der Waals surface area contributed by atoms with Crippen LogP contribution < -0.4 is 11.5 Å². The van der Waals surface area contributed by atoms with E-state index in [0.29, 0.717) is 6.29 Å². The summed E-state index contributed by atoms with van der Waals surface area (Å²) in [4.78, 5) is 10.1. The predicted octanol–water partition coefficient (Wildman–Crippen LogP) is -3.85. The summed E-state index contributed by atoms with van der Waals surface area (Å²) < 4.78 is 0. The van der Waals surface area contributed by atoms with Gasteiger partial charge in [0.2, 0.25) is 0 Å². The second-order valence-electron chi connectivity index (χ2n) is 2.69. The second kappa shape index (κ2) is 4.40. The molecule has 0 aliphatic rings. The third kappa shape index (κ3) is 2.94. The normalized spacial score (nSPS) is 21.9. The van der Waals surface area contributed by atoms with Gasteiger partial charge in [-0.1, -0.05) is 0 Å². The molecule has 0 heterocycles. The molecule has 0 bridgehead atoms. The summed E-state index contributed by atoms with van der Waals surface area (Å²) >= 11 is 0. The fraction of sp³-hybridized carbons (Fsp3) is 0.833. The van der Waals surface area contributed by atoms with Crippen LogP contribution in [0.2, 0.25) is 0 Å². The Balaban J connectivity index is 4.00. The van der Waals surface area contributed by atoms with Gasteiger partial charge in [0.25, 0.3) is 0 Å². The zero-order valence-corrected chi connectivity index (χ0v) is 6.60. The summed E-state index contributed by atoms with van der Waals surface area (Å²) in [5.41, 5.74) is 6.90. The standard InChI is InChI=1S/C6H14N2O3/c1-3(10)5(8)6(11)4(7)2-9/h2-6,10-11H,7-8H2,1H3/p+2/t3-,4+,5-,6-/m1/s1. The smallest absolute Gasteiger partial charge is 0.180 e. The van der Waals surface area contributed by atoms with E-state index in [9.17, 15) is 9.90 Å². The molecule has 11 heavy (non-hydrogen) atoms. The molecule has 0 aromatic rings. The quantitative estimate of drug-likeness (QED) is 0.319. The molecule has 0 aromatic carbocycles. The maximum Gasteiger partial charge on any atom is 0.180 e. The van der Waals surface area contributed by atoms with Crippen LogP contribution in [0.5, 0.6) is 0 Å². The Bertz CT molecular complexity index is 129. The van der Waals surface area contributed by atoms with Crippen LogP contribution in [0.15, 0.2) is 0 Å². The van der Waals surface area contributed by atoms with Crippen molar-refractivity contribution in [2.24, 2.45) is 0 Å². The highest BCUT2D eigenvalue weighted by Crippen LogP contribution is 1.95. The van der Waals surface area contributed by atoms with Gasteiger partial charge < -0.3 is 21.7 Å². The summed E-state index contributed by atoms with van der Waals surface area (Å²) in [5.74, 6) is 0. The fourth-order valence-electron chi connectivity index (χ4n) is 0.683. The number of hydrogen-bond donors (Lipinski definition) is 4. The molecule has 5 heteroatoms. The van der Waals surface area contributed by atoms with Crippen LogP contribution in [0.1, 0.15) is 6.92 Å². The van der Waals surface area contributed by atoms with Crippen LogP contribution in [0.3, 0.4) is 0 Å². The SMILES string of the molecule is C[C@@H](O)[C@@H]([NH3+])[C@H](O)[C@@H]([NH3+])C=O. The van der Waals surface area contributed by atoms with Gasteiger partial charge in [-0.05, 0) is 6.92 Å². The summed E-state index contributed by atoms with van der Waals surface area (Å²) in [7, 11) is 0. The second-order valence-corrected chi connectivity index (χ2v) is 2.69. The Morgan fingerprint density at radius 1 is 1.36 bits per heavy atom. The maximum atomic E-state index is 10.1. The van der Waals surface area contributed by atoms with Gasteiger partial charge in [-0.15, -0.1) is 0 Å². The van der Waals surface area contributed by atoms with Gasteiger partial charge in [-0.2, -0.15) is 0 Å². The lowest BCUT2D eigenvalue weighted by Crippen LogP contribution is -2.79. The number of aliphatic hydroxyl groups is 2. The zero-order valence-electron chi connectivity index (χ0n) is 6.60. The first kappa shape index (κ1) is 10.5. The average Bonchev–Trinajstić information content (AvgIpc) is 2.00. The molecule has 0 spiro atoms. The summed E-state index contributed by atoms with van der Waals surface area (Å²) in [5, 5.41) is 18.2.